The molecule has 0 atom stereocenters. The van der Waals surface area contributed by atoms with Crippen LogP contribution in [0.4, 0.5) is 17.3 Å². The van der Waals surface area contributed by atoms with Crippen LogP contribution in [0.3, 0.4) is 0 Å². The van der Waals surface area contributed by atoms with E-state index >= 15 is 0 Å². The van der Waals surface area contributed by atoms with Gasteiger partial charge in [0.15, 0.2) is 0 Å². The van der Waals surface area contributed by atoms with Crippen molar-refractivity contribution in [3.8, 4) is 23.0 Å². The summed E-state index contributed by atoms with van der Waals surface area (Å²) in [6.45, 7) is 0. The van der Waals surface area contributed by atoms with Gasteiger partial charge in [-0.05, 0) is 48.5 Å². The van der Waals surface area contributed by atoms with Crippen LogP contribution in [0.5, 0.6) is 11.6 Å². The zero-order chi connectivity index (χ0) is 22.9. The van der Waals surface area contributed by atoms with Crippen molar-refractivity contribution in [2.24, 2.45) is 0 Å². The number of ether oxygens (including phenoxy) is 1. The topological polar surface area (TPSA) is 115 Å². The number of pyridine rings is 1. The standard InChI is InChI=1S/C26H19N7O/c27-26-29-14-12-24(33-26)34-18-9-10-22-23(15-18)32-25(31-22)16-5-7-17(8-6-16)30-21-11-13-28-20-4-2-1-3-19(20)21/h1-15H,(H,28,30)(H,31,32)(H2,27,29,33). The minimum atomic E-state index is 0.164. The lowest BCUT2D eigenvalue weighted by molar-refractivity contribution is 0.463. The highest BCUT2D eigenvalue weighted by Crippen LogP contribution is 2.29. The first-order valence-electron chi connectivity index (χ1n) is 10.7. The summed E-state index contributed by atoms with van der Waals surface area (Å²) in [6.07, 6.45) is 3.37. The molecule has 0 fully saturated rings. The number of aromatic nitrogens is 5. The molecule has 0 saturated carbocycles. The van der Waals surface area contributed by atoms with Gasteiger partial charge in [0.1, 0.15) is 11.6 Å². The molecule has 6 aromatic rings. The lowest BCUT2D eigenvalue weighted by atomic mass is 10.1. The van der Waals surface area contributed by atoms with E-state index < -0.39 is 0 Å². The average Bonchev–Trinajstić information content (AvgIpc) is 3.28. The van der Waals surface area contributed by atoms with Gasteiger partial charge in [0.05, 0.1) is 16.6 Å². The Morgan fingerprint density at radius 3 is 2.53 bits per heavy atom. The number of aromatic amines is 1. The van der Waals surface area contributed by atoms with Crippen molar-refractivity contribution in [2.75, 3.05) is 11.1 Å². The zero-order valence-electron chi connectivity index (χ0n) is 17.9. The Bertz CT molecular complexity index is 1620. The van der Waals surface area contributed by atoms with Crippen molar-refractivity contribution < 1.29 is 4.74 Å². The molecule has 0 spiro atoms. The summed E-state index contributed by atoms with van der Waals surface area (Å²) >= 11 is 0. The molecule has 3 heterocycles. The third-order valence-electron chi connectivity index (χ3n) is 5.41. The normalized spacial score (nSPS) is 11.1. The molecular weight excluding hydrogens is 426 g/mol. The maximum atomic E-state index is 5.79. The van der Waals surface area contributed by atoms with E-state index in [9.17, 15) is 0 Å². The number of hydrogen-bond donors (Lipinski definition) is 3. The maximum Gasteiger partial charge on any atom is 0.224 e. The Kier molecular flexibility index (Phi) is 4.73. The first-order valence-corrected chi connectivity index (χ1v) is 10.7. The van der Waals surface area contributed by atoms with Crippen LogP contribution >= 0.6 is 0 Å². The summed E-state index contributed by atoms with van der Waals surface area (Å²) in [5, 5.41) is 4.56. The highest BCUT2D eigenvalue weighted by molar-refractivity contribution is 5.92. The van der Waals surface area contributed by atoms with Gasteiger partial charge in [-0.2, -0.15) is 4.98 Å². The van der Waals surface area contributed by atoms with Gasteiger partial charge in [0, 0.05) is 46.9 Å². The van der Waals surface area contributed by atoms with Crippen LogP contribution in [0.2, 0.25) is 0 Å². The minimum Gasteiger partial charge on any atom is -0.439 e. The Morgan fingerprint density at radius 2 is 1.65 bits per heavy atom. The number of nitrogens with one attached hydrogen (secondary N) is 2. The van der Waals surface area contributed by atoms with Crippen molar-refractivity contribution in [1.29, 1.82) is 0 Å². The molecule has 0 radical (unpaired) electrons. The number of H-pyrrole nitrogens is 1. The molecular formula is C26H19N7O. The second-order valence-electron chi connectivity index (χ2n) is 7.70. The predicted molar refractivity (Wildman–Crippen MR) is 133 cm³/mol. The van der Waals surface area contributed by atoms with Crippen LogP contribution < -0.4 is 15.8 Å². The fourth-order valence-electron chi connectivity index (χ4n) is 3.79. The van der Waals surface area contributed by atoms with Gasteiger partial charge in [0.2, 0.25) is 11.8 Å². The molecule has 0 aliphatic carbocycles. The fraction of sp³-hybridized carbons (Fsp3) is 0. The molecule has 0 aliphatic heterocycles. The summed E-state index contributed by atoms with van der Waals surface area (Å²) < 4.78 is 5.79. The Morgan fingerprint density at radius 1 is 0.794 bits per heavy atom. The molecule has 0 amide bonds. The van der Waals surface area contributed by atoms with Crippen LogP contribution in [-0.2, 0) is 0 Å². The van der Waals surface area contributed by atoms with Crippen molar-refractivity contribution in [2.45, 2.75) is 0 Å². The molecule has 8 nitrogen and oxygen atoms in total. The van der Waals surface area contributed by atoms with E-state index in [2.05, 4.69) is 31.3 Å². The highest BCUT2D eigenvalue weighted by atomic mass is 16.5. The molecule has 8 heteroatoms. The molecule has 34 heavy (non-hydrogen) atoms. The van der Waals surface area contributed by atoms with Crippen LogP contribution in [0.1, 0.15) is 0 Å². The third-order valence-corrected chi connectivity index (χ3v) is 5.41. The highest BCUT2D eigenvalue weighted by Gasteiger charge is 2.09. The van der Waals surface area contributed by atoms with Crippen LogP contribution in [0.15, 0.2) is 91.3 Å². The van der Waals surface area contributed by atoms with Gasteiger partial charge < -0.3 is 20.8 Å². The number of nitrogen functional groups attached to an aromatic ring is 1. The zero-order valence-corrected chi connectivity index (χ0v) is 17.9. The number of rotatable bonds is 5. The van der Waals surface area contributed by atoms with Crippen LogP contribution in [-0.4, -0.2) is 24.9 Å². The second-order valence-corrected chi connectivity index (χ2v) is 7.70. The molecule has 3 aromatic heterocycles. The fourth-order valence-corrected chi connectivity index (χ4v) is 3.79. The summed E-state index contributed by atoms with van der Waals surface area (Å²) in [4.78, 5) is 20.4. The molecule has 6 rings (SSSR count). The van der Waals surface area contributed by atoms with Gasteiger partial charge in [-0.1, -0.05) is 18.2 Å². The SMILES string of the molecule is Nc1nccc(Oc2ccc3nc(-c4ccc(Nc5ccnc6ccccc56)cc4)[nH]c3c2)n1. The molecule has 4 N–H and O–H groups in total. The summed E-state index contributed by atoms with van der Waals surface area (Å²) in [5.74, 6) is 1.96. The smallest absolute Gasteiger partial charge is 0.224 e. The number of benzene rings is 3. The van der Waals surface area contributed by atoms with Crippen molar-refractivity contribution in [3.63, 3.8) is 0 Å². The van der Waals surface area contributed by atoms with E-state index in [4.69, 9.17) is 15.5 Å². The van der Waals surface area contributed by atoms with E-state index in [0.717, 1.165) is 44.7 Å². The third kappa shape index (κ3) is 3.84. The molecule has 0 bridgehead atoms. The monoisotopic (exact) mass is 445 g/mol. The van der Waals surface area contributed by atoms with Gasteiger partial charge in [-0.25, -0.2) is 9.97 Å². The molecule has 0 aliphatic rings. The lowest BCUT2D eigenvalue weighted by Gasteiger charge is -2.09. The van der Waals surface area contributed by atoms with Gasteiger partial charge >= 0.3 is 0 Å². The summed E-state index contributed by atoms with van der Waals surface area (Å²) in [6, 6.07) is 25.5. The quantitative estimate of drug-likeness (QED) is 0.312. The predicted octanol–water partition coefficient (Wildman–Crippen LogP) is 5.69. The maximum absolute atomic E-state index is 5.79. The first kappa shape index (κ1) is 19.7. The van der Waals surface area contributed by atoms with E-state index in [1.54, 1.807) is 12.3 Å². The van der Waals surface area contributed by atoms with Crippen LogP contribution in [0, 0.1) is 0 Å². The largest absolute Gasteiger partial charge is 0.439 e. The average molecular weight is 445 g/mol. The molecule has 3 aromatic carbocycles. The van der Waals surface area contributed by atoms with Gasteiger partial charge in [-0.3, -0.25) is 4.98 Å². The van der Waals surface area contributed by atoms with E-state index in [-0.39, 0.29) is 5.95 Å². The van der Waals surface area contributed by atoms with E-state index in [1.807, 2.05) is 72.9 Å². The van der Waals surface area contributed by atoms with Crippen molar-refractivity contribution in [1.82, 2.24) is 24.9 Å². The lowest BCUT2D eigenvalue weighted by Crippen LogP contribution is -1.95. The number of imidazole rings is 1. The van der Waals surface area contributed by atoms with Crippen molar-refractivity contribution in [3.05, 3.63) is 91.3 Å². The van der Waals surface area contributed by atoms with Gasteiger partial charge in [0.25, 0.3) is 0 Å². The Balaban J connectivity index is 1.24. The number of nitrogens with zero attached hydrogens (tertiary/aromatic N) is 4. The first-order chi connectivity index (χ1) is 16.7. The van der Waals surface area contributed by atoms with Crippen LogP contribution in [0.25, 0.3) is 33.3 Å². The minimum absolute atomic E-state index is 0.164. The van der Waals surface area contributed by atoms with Gasteiger partial charge in [-0.15, -0.1) is 0 Å². The summed E-state index contributed by atoms with van der Waals surface area (Å²) in [7, 11) is 0. The Labute approximate surface area is 194 Å². The molecule has 0 unspecified atom stereocenters. The summed E-state index contributed by atoms with van der Waals surface area (Å²) in [5.41, 5.74) is 11.3. The van der Waals surface area contributed by atoms with E-state index in [0.29, 0.717) is 11.6 Å². The number of anilines is 3. The second kappa shape index (κ2) is 8.18. The molecule has 0 saturated heterocycles. The number of para-hydroxylation sites is 1. The Hall–Kier alpha value is -4.98. The van der Waals surface area contributed by atoms with Crippen molar-refractivity contribution >= 4 is 39.3 Å². The molecule has 164 valence electrons. The number of nitrogens with two attached hydrogens (primary N) is 1. The van der Waals surface area contributed by atoms with E-state index in [1.165, 1.54) is 0 Å². The number of hydrogen-bond acceptors (Lipinski definition) is 7. The number of fused-ring (bicyclic) bond motifs is 2.